The van der Waals surface area contributed by atoms with Crippen LogP contribution in [0.3, 0.4) is 0 Å². The molecule has 0 spiro atoms. The minimum Gasteiger partial charge on any atom is -0.469 e. The van der Waals surface area contributed by atoms with E-state index in [4.69, 9.17) is 4.42 Å². The van der Waals surface area contributed by atoms with E-state index in [1.165, 1.54) is 24.0 Å². The summed E-state index contributed by atoms with van der Waals surface area (Å²) in [6.07, 6.45) is 5.21. The molecule has 0 bridgehead atoms. The Morgan fingerprint density at radius 3 is 2.89 bits per heavy atom. The van der Waals surface area contributed by atoms with Gasteiger partial charge < -0.3 is 9.73 Å². The number of aryl methyl sites for hydroxylation is 1. The highest BCUT2D eigenvalue weighted by atomic mass is 16.3. The molecule has 1 aromatic heterocycles. The zero-order valence-corrected chi connectivity index (χ0v) is 11.4. The number of rotatable bonds is 4. The van der Waals surface area contributed by atoms with E-state index in [0.29, 0.717) is 12.0 Å². The molecule has 1 heterocycles. The van der Waals surface area contributed by atoms with Gasteiger partial charge in [-0.15, -0.1) is 0 Å². The summed E-state index contributed by atoms with van der Waals surface area (Å²) in [5.74, 6) is 1.73. The number of nitrogens with one attached hydrogen (secondary N) is 1. The van der Waals surface area contributed by atoms with E-state index in [9.17, 15) is 0 Å². The molecule has 2 unspecified atom stereocenters. The van der Waals surface area contributed by atoms with Crippen molar-refractivity contribution in [2.24, 2.45) is 5.92 Å². The van der Waals surface area contributed by atoms with Gasteiger partial charge in [-0.05, 0) is 48.6 Å². The van der Waals surface area contributed by atoms with Crippen molar-refractivity contribution in [1.82, 2.24) is 5.32 Å². The standard InChI is InChI=1S/C17H21NO/c1-2-18-17-14(12-15-7-5-11-19-15)10-9-13-6-3-4-8-16(13)17/h3-8,11,14,17-18H,2,9-10,12H2,1H3. The van der Waals surface area contributed by atoms with E-state index >= 15 is 0 Å². The van der Waals surface area contributed by atoms with Crippen molar-refractivity contribution in [3.05, 3.63) is 59.5 Å². The average molecular weight is 255 g/mol. The lowest BCUT2D eigenvalue weighted by atomic mass is 9.77. The Bertz CT molecular complexity index is 518. The molecule has 2 nitrogen and oxygen atoms in total. The summed E-state index contributed by atoms with van der Waals surface area (Å²) in [5.41, 5.74) is 2.98. The predicted octanol–water partition coefficient (Wildman–Crippen LogP) is 3.74. The van der Waals surface area contributed by atoms with E-state index in [-0.39, 0.29) is 0 Å². The fourth-order valence-corrected chi connectivity index (χ4v) is 3.23. The Kier molecular flexibility index (Phi) is 3.69. The summed E-state index contributed by atoms with van der Waals surface area (Å²) in [6, 6.07) is 13.4. The van der Waals surface area contributed by atoms with Crippen molar-refractivity contribution in [3.63, 3.8) is 0 Å². The second-order valence-electron chi connectivity index (χ2n) is 5.32. The minimum atomic E-state index is 0.458. The van der Waals surface area contributed by atoms with Gasteiger partial charge in [-0.3, -0.25) is 0 Å². The van der Waals surface area contributed by atoms with Crippen LogP contribution < -0.4 is 5.32 Å². The van der Waals surface area contributed by atoms with Crippen molar-refractivity contribution < 1.29 is 4.42 Å². The molecular weight excluding hydrogens is 234 g/mol. The lowest BCUT2D eigenvalue weighted by molar-refractivity contribution is 0.304. The Hall–Kier alpha value is -1.54. The highest BCUT2D eigenvalue weighted by Gasteiger charge is 2.29. The van der Waals surface area contributed by atoms with Crippen LogP contribution in [0.1, 0.15) is 36.3 Å². The maximum Gasteiger partial charge on any atom is 0.104 e. The fraction of sp³-hybridized carbons (Fsp3) is 0.412. The Labute approximate surface area is 114 Å². The van der Waals surface area contributed by atoms with Crippen LogP contribution in [0.4, 0.5) is 0 Å². The third kappa shape index (κ3) is 2.59. The molecule has 0 fully saturated rings. The molecule has 1 aliphatic rings. The van der Waals surface area contributed by atoms with Crippen LogP contribution in [-0.2, 0) is 12.8 Å². The first-order valence-electron chi connectivity index (χ1n) is 7.22. The summed E-state index contributed by atoms with van der Waals surface area (Å²) in [6.45, 7) is 3.19. The van der Waals surface area contributed by atoms with Crippen LogP contribution in [0.2, 0.25) is 0 Å². The molecule has 2 aromatic rings. The summed E-state index contributed by atoms with van der Waals surface area (Å²) in [4.78, 5) is 0. The first-order chi connectivity index (χ1) is 9.38. The molecule has 0 amide bonds. The number of fused-ring (bicyclic) bond motifs is 1. The zero-order chi connectivity index (χ0) is 13.1. The second-order valence-corrected chi connectivity index (χ2v) is 5.32. The van der Waals surface area contributed by atoms with E-state index in [0.717, 1.165) is 18.7 Å². The van der Waals surface area contributed by atoms with Crippen LogP contribution in [0.25, 0.3) is 0 Å². The van der Waals surface area contributed by atoms with E-state index in [1.54, 1.807) is 6.26 Å². The number of benzene rings is 1. The van der Waals surface area contributed by atoms with Crippen molar-refractivity contribution in [2.45, 2.75) is 32.2 Å². The van der Waals surface area contributed by atoms with Gasteiger partial charge in [0.2, 0.25) is 0 Å². The summed E-state index contributed by atoms with van der Waals surface area (Å²) >= 11 is 0. The maximum atomic E-state index is 5.52. The minimum absolute atomic E-state index is 0.458. The van der Waals surface area contributed by atoms with E-state index < -0.39 is 0 Å². The van der Waals surface area contributed by atoms with Crippen LogP contribution in [0.5, 0.6) is 0 Å². The normalized spacial score (nSPS) is 22.2. The lowest BCUT2D eigenvalue weighted by Crippen LogP contribution is -2.33. The van der Waals surface area contributed by atoms with Gasteiger partial charge in [0.1, 0.15) is 5.76 Å². The molecule has 2 atom stereocenters. The molecule has 3 rings (SSSR count). The largest absolute Gasteiger partial charge is 0.469 e. The number of hydrogen-bond donors (Lipinski definition) is 1. The third-order valence-corrected chi connectivity index (χ3v) is 4.11. The van der Waals surface area contributed by atoms with Crippen LogP contribution in [0.15, 0.2) is 47.1 Å². The first-order valence-corrected chi connectivity index (χ1v) is 7.22. The summed E-state index contributed by atoms with van der Waals surface area (Å²) in [5, 5.41) is 3.66. The quantitative estimate of drug-likeness (QED) is 0.900. The van der Waals surface area contributed by atoms with Crippen molar-refractivity contribution in [2.75, 3.05) is 6.54 Å². The van der Waals surface area contributed by atoms with Crippen molar-refractivity contribution >= 4 is 0 Å². The molecule has 1 aromatic carbocycles. The number of furan rings is 1. The Morgan fingerprint density at radius 2 is 2.11 bits per heavy atom. The van der Waals surface area contributed by atoms with Gasteiger partial charge in [0.15, 0.2) is 0 Å². The van der Waals surface area contributed by atoms with Crippen molar-refractivity contribution in [3.8, 4) is 0 Å². The zero-order valence-electron chi connectivity index (χ0n) is 11.4. The van der Waals surface area contributed by atoms with Gasteiger partial charge >= 0.3 is 0 Å². The van der Waals surface area contributed by atoms with Crippen LogP contribution in [0, 0.1) is 5.92 Å². The molecule has 0 radical (unpaired) electrons. The van der Waals surface area contributed by atoms with Gasteiger partial charge in [-0.2, -0.15) is 0 Å². The predicted molar refractivity (Wildman–Crippen MR) is 77.1 cm³/mol. The molecule has 0 aliphatic heterocycles. The monoisotopic (exact) mass is 255 g/mol. The van der Waals surface area contributed by atoms with Crippen LogP contribution >= 0.6 is 0 Å². The highest BCUT2D eigenvalue weighted by Crippen LogP contribution is 2.36. The van der Waals surface area contributed by atoms with Gasteiger partial charge in [0.25, 0.3) is 0 Å². The maximum absolute atomic E-state index is 5.52. The topological polar surface area (TPSA) is 25.2 Å². The van der Waals surface area contributed by atoms with Gasteiger partial charge in [-0.25, -0.2) is 0 Å². The first kappa shape index (κ1) is 12.5. The molecule has 1 N–H and O–H groups in total. The Morgan fingerprint density at radius 1 is 1.21 bits per heavy atom. The molecule has 1 aliphatic carbocycles. The summed E-state index contributed by atoms with van der Waals surface area (Å²) < 4.78 is 5.52. The lowest BCUT2D eigenvalue weighted by Gasteiger charge is -2.34. The smallest absolute Gasteiger partial charge is 0.104 e. The summed E-state index contributed by atoms with van der Waals surface area (Å²) in [7, 11) is 0. The second kappa shape index (κ2) is 5.62. The molecule has 2 heteroatoms. The highest BCUT2D eigenvalue weighted by molar-refractivity contribution is 5.33. The SMILES string of the molecule is CCNC1c2ccccc2CCC1Cc1ccco1. The van der Waals surface area contributed by atoms with E-state index in [1.807, 2.05) is 6.07 Å². The average Bonchev–Trinajstić information content (AvgIpc) is 2.94. The third-order valence-electron chi connectivity index (χ3n) is 4.11. The van der Waals surface area contributed by atoms with Crippen LogP contribution in [-0.4, -0.2) is 6.54 Å². The molecule has 100 valence electrons. The molecule has 0 saturated heterocycles. The van der Waals surface area contributed by atoms with Gasteiger partial charge in [0, 0.05) is 12.5 Å². The number of hydrogen-bond acceptors (Lipinski definition) is 2. The van der Waals surface area contributed by atoms with E-state index in [2.05, 4.69) is 42.6 Å². The van der Waals surface area contributed by atoms with Gasteiger partial charge in [0.05, 0.1) is 6.26 Å². The molecule has 19 heavy (non-hydrogen) atoms. The molecular formula is C17H21NO. The van der Waals surface area contributed by atoms with Gasteiger partial charge in [-0.1, -0.05) is 31.2 Å². The fourth-order valence-electron chi connectivity index (χ4n) is 3.23. The Balaban J connectivity index is 1.85. The van der Waals surface area contributed by atoms with Crippen molar-refractivity contribution in [1.29, 1.82) is 0 Å². The molecule has 0 saturated carbocycles.